The summed E-state index contributed by atoms with van der Waals surface area (Å²) in [5.41, 5.74) is 0.861. The van der Waals surface area contributed by atoms with Crippen molar-refractivity contribution in [2.45, 2.75) is 30.4 Å². The van der Waals surface area contributed by atoms with E-state index >= 15 is 0 Å². The van der Waals surface area contributed by atoms with Crippen molar-refractivity contribution in [3.8, 4) is 0 Å². The Kier molecular flexibility index (Phi) is 6.53. The molecule has 0 aliphatic heterocycles. The zero-order valence-electron chi connectivity index (χ0n) is 14.0. The van der Waals surface area contributed by atoms with Gasteiger partial charge >= 0.3 is 11.9 Å². The summed E-state index contributed by atoms with van der Waals surface area (Å²) in [4.78, 5) is 22.3. The number of ether oxygens (including phenoxy) is 1. The summed E-state index contributed by atoms with van der Waals surface area (Å²) in [5.74, 6) is -2.05. The minimum Gasteiger partial charge on any atom is -0.481 e. The third kappa shape index (κ3) is 5.43. The number of carbonyl (C=O) groups excluding carboxylic acids is 1. The highest BCUT2D eigenvalue weighted by Crippen LogP contribution is 2.17. The predicted octanol–water partition coefficient (Wildman–Crippen LogP) is 1.82. The van der Waals surface area contributed by atoms with Crippen LogP contribution < -0.4 is 4.72 Å². The number of carboxylic acid groups (broad SMARTS) is 1. The standard InChI is InChI=1S/C17H19NO7S/c1-24-17(21)14-8-10-16(25-14)26(22,23)18-13(7-9-15(19)20)11-12-5-3-2-4-6-12/h2-6,8,10,13,18H,7,9,11H2,1H3,(H,19,20). The maximum absolute atomic E-state index is 12.5. The van der Waals surface area contributed by atoms with Gasteiger partial charge in [-0.15, -0.1) is 0 Å². The van der Waals surface area contributed by atoms with Gasteiger partial charge in [-0.2, -0.15) is 0 Å². The second-order valence-corrected chi connectivity index (χ2v) is 7.20. The summed E-state index contributed by atoms with van der Waals surface area (Å²) < 4.78 is 37.0. The van der Waals surface area contributed by atoms with Crippen molar-refractivity contribution in [3.63, 3.8) is 0 Å². The third-order valence-corrected chi connectivity index (χ3v) is 4.98. The van der Waals surface area contributed by atoms with Gasteiger partial charge in [0.15, 0.2) is 0 Å². The van der Waals surface area contributed by atoms with Gasteiger partial charge in [0.1, 0.15) is 0 Å². The molecular weight excluding hydrogens is 362 g/mol. The van der Waals surface area contributed by atoms with Crippen LogP contribution >= 0.6 is 0 Å². The number of hydrogen-bond acceptors (Lipinski definition) is 6. The van der Waals surface area contributed by atoms with Crippen molar-refractivity contribution in [2.75, 3.05) is 7.11 Å². The predicted molar refractivity (Wildman–Crippen MR) is 91.2 cm³/mol. The number of carboxylic acids is 1. The summed E-state index contributed by atoms with van der Waals surface area (Å²) >= 11 is 0. The van der Waals surface area contributed by atoms with E-state index in [1.807, 2.05) is 30.3 Å². The van der Waals surface area contributed by atoms with E-state index in [0.29, 0.717) is 6.42 Å². The highest BCUT2D eigenvalue weighted by atomic mass is 32.2. The number of rotatable bonds is 9. The maximum atomic E-state index is 12.5. The van der Waals surface area contributed by atoms with E-state index in [0.717, 1.165) is 18.7 Å². The van der Waals surface area contributed by atoms with E-state index in [9.17, 15) is 18.0 Å². The van der Waals surface area contributed by atoms with Crippen molar-refractivity contribution >= 4 is 22.0 Å². The number of carbonyl (C=O) groups is 2. The molecule has 0 aliphatic carbocycles. The first-order valence-corrected chi connectivity index (χ1v) is 9.26. The van der Waals surface area contributed by atoms with Crippen molar-refractivity contribution in [3.05, 3.63) is 53.8 Å². The van der Waals surface area contributed by atoms with Crippen LogP contribution in [0, 0.1) is 0 Å². The van der Waals surface area contributed by atoms with Gasteiger partial charge in [-0.3, -0.25) is 4.79 Å². The van der Waals surface area contributed by atoms with Crippen molar-refractivity contribution < 1.29 is 32.3 Å². The van der Waals surface area contributed by atoms with Crippen LogP contribution in [0.4, 0.5) is 0 Å². The first kappa shape index (κ1) is 19.7. The summed E-state index contributed by atoms with van der Waals surface area (Å²) in [7, 11) is -2.91. The second kappa shape index (κ2) is 8.63. The van der Waals surface area contributed by atoms with E-state index in [-0.39, 0.29) is 18.6 Å². The number of benzene rings is 1. The molecule has 0 fully saturated rings. The largest absolute Gasteiger partial charge is 0.481 e. The van der Waals surface area contributed by atoms with Crippen LogP contribution in [0.25, 0.3) is 0 Å². The third-order valence-electron chi connectivity index (χ3n) is 3.59. The molecular formula is C17H19NO7S. The summed E-state index contributed by atoms with van der Waals surface area (Å²) in [6.07, 6.45) is 0.234. The molecule has 0 saturated carbocycles. The normalized spacial score (nSPS) is 12.5. The molecule has 1 atom stereocenters. The van der Waals surface area contributed by atoms with Gasteiger partial charge in [0, 0.05) is 12.5 Å². The van der Waals surface area contributed by atoms with Crippen LogP contribution in [0.1, 0.15) is 29.0 Å². The molecule has 9 heteroatoms. The maximum Gasteiger partial charge on any atom is 0.374 e. The Balaban J connectivity index is 2.17. The van der Waals surface area contributed by atoms with E-state index in [4.69, 9.17) is 9.52 Å². The zero-order valence-corrected chi connectivity index (χ0v) is 14.9. The smallest absolute Gasteiger partial charge is 0.374 e. The molecule has 1 aromatic carbocycles. The number of furan rings is 1. The minimum atomic E-state index is -4.07. The lowest BCUT2D eigenvalue weighted by Crippen LogP contribution is -2.36. The number of esters is 1. The molecule has 0 radical (unpaired) electrons. The van der Waals surface area contributed by atoms with Crippen LogP contribution in [0.15, 0.2) is 52.0 Å². The van der Waals surface area contributed by atoms with E-state index in [1.54, 1.807) is 0 Å². The SMILES string of the molecule is COC(=O)c1ccc(S(=O)(=O)NC(CCC(=O)O)Cc2ccccc2)o1. The first-order valence-electron chi connectivity index (χ1n) is 7.78. The first-order chi connectivity index (χ1) is 12.3. The zero-order chi connectivity index (χ0) is 19.2. The lowest BCUT2D eigenvalue weighted by Gasteiger charge is -2.17. The number of sulfonamides is 1. The quantitative estimate of drug-likeness (QED) is 0.635. The summed E-state index contributed by atoms with van der Waals surface area (Å²) in [6.45, 7) is 0. The fraction of sp³-hybridized carbons (Fsp3) is 0.294. The molecule has 0 spiro atoms. The Morgan fingerprint density at radius 3 is 2.50 bits per heavy atom. The van der Waals surface area contributed by atoms with Crippen molar-refractivity contribution in [1.29, 1.82) is 0 Å². The Morgan fingerprint density at radius 1 is 1.19 bits per heavy atom. The number of methoxy groups -OCH3 is 1. The molecule has 1 unspecified atom stereocenters. The second-order valence-electron chi connectivity index (χ2n) is 5.55. The Labute approximate surface area is 150 Å². The Bertz CT molecular complexity index is 858. The van der Waals surface area contributed by atoms with Gasteiger partial charge in [0.2, 0.25) is 10.9 Å². The molecule has 140 valence electrons. The van der Waals surface area contributed by atoms with E-state index < -0.39 is 33.1 Å². The molecule has 0 saturated heterocycles. The van der Waals surface area contributed by atoms with Crippen molar-refractivity contribution in [2.24, 2.45) is 0 Å². The fourth-order valence-electron chi connectivity index (χ4n) is 2.35. The lowest BCUT2D eigenvalue weighted by atomic mass is 10.0. The molecule has 0 aliphatic rings. The molecule has 0 amide bonds. The Hall–Kier alpha value is -2.65. The van der Waals surface area contributed by atoms with Gasteiger partial charge in [-0.25, -0.2) is 17.9 Å². The Morgan fingerprint density at radius 2 is 1.88 bits per heavy atom. The van der Waals surface area contributed by atoms with E-state index in [2.05, 4.69) is 9.46 Å². The van der Waals surface area contributed by atoms with Crippen LogP contribution in [0.2, 0.25) is 0 Å². The molecule has 1 aromatic heterocycles. The highest BCUT2D eigenvalue weighted by Gasteiger charge is 2.25. The van der Waals surface area contributed by atoms with Gasteiger partial charge < -0.3 is 14.3 Å². The van der Waals surface area contributed by atoms with Crippen LogP contribution in [0.3, 0.4) is 0 Å². The lowest BCUT2D eigenvalue weighted by molar-refractivity contribution is -0.137. The van der Waals surface area contributed by atoms with Gasteiger partial charge in [0.05, 0.1) is 7.11 Å². The summed E-state index contributed by atoms with van der Waals surface area (Å²) in [5, 5.41) is 8.45. The average Bonchev–Trinajstić information content (AvgIpc) is 3.11. The monoisotopic (exact) mass is 381 g/mol. The number of aliphatic carboxylic acids is 1. The molecule has 2 N–H and O–H groups in total. The van der Waals surface area contributed by atoms with Crippen LogP contribution in [-0.2, 0) is 26.0 Å². The molecule has 8 nitrogen and oxygen atoms in total. The minimum absolute atomic E-state index is 0.105. The molecule has 2 rings (SSSR count). The van der Waals surface area contributed by atoms with E-state index in [1.165, 1.54) is 6.07 Å². The topological polar surface area (TPSA) is 123 Å². The van der Waals surface area contributed by atoms with Crippen LogP contribution in [-0.4, -0.2) is 38.6 Å². The number of hydrogen-bond donors (Lipinski definition) is 2. The fourth-order valence-corrected chi connectivity index (χ4v) is 3.55. The highest BCUT2D eigenvalue weighted by molar-refractivity contribution is 7.89. The van der Waals surface area contributed by atoms with Gasteiger partial charge in [0.25, 0.3) is 10.0 Å². The number of nitrogens with one attached hydrogen (secondary N) is 1. The average molecular weight is 381 g/mol. The van der Waals surface area contributed by atoms with Gasteiger partial charge in [-0.1, -0.05) is 30.3 Å². The van der Waals surface area contributed by atoms with Crippen LogP contribution in [0.5, 0.6) is 0 Å². The molecule has 1 heterocycles. The summed E-state index contributed by atoms with van der Waals surface area (Å²) in [6, 6.07) is 10.8. The molecule has 0 bridgehead atoms. The van der Waals surface area contributed by atoms with Crippen molar-refractivity contribution in [1.82, 2.24) is 4.72 Å². The molecule has 2 aromatic rings. The van der Waals surface area contributed by atoms with Gasteiger partial charge in [-0.05, 0) is 30.5 Å². The molecule has 26 heavy (non-hydrogen) atoms.